The Hall–Kier alpha value is -1.22. The Morgan fingerprint density at radius 2 is 2.16 bits per heavy atom. The summed E-state index contributed by atoms with van der Waals surface area (Å²) in [5, 5.41) is 9.80. The predicted molar refractivity (Wildman–Crippen MR) is 78.1 cm³/mol. The molecule has 4 heteroatoms. The summed E-state index contributed by atoms with van der Waals surface area (Å²) in [6, 6.07) is 6.34. The number of carboxylic acids is 1. The molecule has 2 unspecified atom stereocenters. The van der Waals surface area contributed by atoms with Gasteiger partial charge in [0.05, 0.1) is 5.92 Å². The van der Waals surface area contributed by atoms with E-state index in [4.69, 9.17) is 16.7 Å². The van der Waals surface area contributed by atoms with Gasteiger partial charge in [-0.3, -0.25) is 4.79 Å². The number of fused-ring (bicyclic) bond motifs is 1. The summed E-state index contributed by atoms with van der Waals surface area (Å²) in [6.45, 7) is 6.96. The minimum Gasteiger partial charge on any atom is -0.481 e. The second-order valence-corrected chi connectivity index (χ2v) is 6.06. The van der Waals surface area contributed by atoms with Gasteiger partial charge in [-0.2, -0.15) is 0 Å². The molecule has 1 aliphatic rings. The summed E-state index contributed by atoms with van der Waals surface area (Å²) >= 11 is 6.08. The van der Waals surface area contributed by atoms with Crippen LogP contribution in [-0.2, 0) is 4.79 Å². The molecular formula is C15H20ClNO2. The van der Waals surface area contributed by atoms with Gasteiger partial charge in [-0.05, 0) is 44.0 Å². The molecule has 104 valence electrons. The van der Waals surface area contributed by atoms with Crippen molar-refractivity contribution in [1.29, 1.82) is 0 Å². The average molecular weight is 282 g/mol. The third-order valence-electron chi connectivity index (χ3n) is 3.84. The van der Waals surface area contributed by atoms with E-state index in [1.54, 1.807) is 6.92 Å². The van der Waals surface area contributed by atoms with Gasteiger partial charge in [0, 0.05) is 29.2 Å². The van der Waals surface area contributed by atoms with Crippen molar-refractivity contribution in [1.82, 2.24) is 0 Å². The van der Waals surface area contributed by atoms with E-state index in [1.165, 1.54) is 11.3 Å². The van der Waals surface area contributed by atoms with Gasteiger partial charge in [0.15, 0.2) is 0 Å². The highest BCUT2D eigenvalue weighted by Crippen LogP contribution is 2.41. The lowest BCUT2D eigenvalue weighted by atomic mass is 9.91. The van der Waals surface area contributed by atoms with Crippen LogP contribution in [0.2, 0.25) is 5.02 Å². The SMILES string of the molecule is CC(CC1CN(C(C)C)c2ccc(Cl)cc21)C(=O)O. The van der Waals surface area contributed by atoms with Crippen molar-refractivity contribution >= 4 is 23.3 Å². The Morgan fingerprint density at radius 1 is 1.47 bits per heavy atom. The first-order valence-corrected chi connectivity index (χ1v) is 7.06. The number of carbonyl (C=O) groups is 1. The normalized spacial score (nSPS) is 19.6. The Kier molecular flexibility index (Phi) is 4.04. The number of rotatable bonds is 4. The molecule has 0 saturated heterocycles. The van der Waals surface area contributed by atoms with Crippen LogP contribution in [0.1, 0.15) is 38.7 Å². The van der Waals surface area contributed by atoms with E-state index in [0.717, 1.165) is 11.6 Å². The van der Waals surface area contributed by atoms with E-state index in [9.17, 15) is 4.79 Å². The summed E-state index contributed by atoms with van der Waals surface area (Å²) in [6.07, 6.45) is 0.659. The van der Waals surface area contributed by atoms with Gasteiger partial charge in [-0.15, -0.1) is 0 Å². The molecule has 1 heterocycles. The molecule has 3 nitrogen and oxygen atoms in total. The van der Waals surface area contributed by atoms with Crippen molar-refractivity contribution in [3.05, 3.63) is 28.8 Å². The fourth-order valence-corrected chi connectivity index (χ4v) is 2.95. The van der Waals surface area contributed by atoms with Crippen LogP contribution >= 0.6 is 11.6 Å². The van der Waals surface area contributed by atoms with Gasteiger partial charge in [0.2, 0.25) is 0 Å². The summed E-state index contributed by atoms with van der Waals surface area (Å²) in [7, 11) is 0. The molecule has 2 rings (SSSR count). The lowest BCUT2D eigenvalue weighted by Gasteiger charge is -2.24. The first-order valence-electron chi connectivity index (χ1n) is 6.69. The van der Waals surface area contributed by atoms with E-state index in [2.05, 4.69) is 18.7 Å². The molecule has 2 atom stereocenters. The van der Waals surface area contributed by atoms with Gasteiger partial charge in [-0.25, -0.2) is 0 Å². The monoisotopic (exact) mass is 281 g/mol. The number of hydrogen-bond donors (Lipinski definition) is 1. The van der Waals surface area contributed by atoms with Gasteiger partial charge >= 0.3 is 5.97 Å². The molecular weight excluding hydrogens is 262 g/mol. The van der Waals surface area contributed by atoms with Crippen LogP contribution in [0.5, 0.6) is 0 Å². The molecule has 0 amide bonds. The highest BCUT2D eigenvalue weighted by molar-refractivity contribution is 6.30. The van der Waals surface area contributed by atoms with E-state index < -0.39 is 5.97 Å². The molecule has 0 aromatic heterocycles. The quantitative estimate of drug-likeness (QED) is 0.913. The summed E-state index contributed by atoms with van der Waals surface area (Å²) in [5.41, 5.74) is 2.39. The Labute approximate surface area is 119 Å². The molecule has 19 heavy (non-hydrogen) atoms. The van der Waals surface area contributed by atoms with Crippen LogP contribution in [0.3, 0.4) is 0 Å². The number of carboxylic acid groups (broad SMARTS) is 1. The molecule has 0 aliphatic carbocycles. The predicted octanol–water partition coefficient (Wildman–Crippen LogP) is 3.76. The topological polar surface area (TPSA) is 40.5 Å². The lowest BCUT2D eigenvalue weighted by molar-refractivity contribution is -0.141. The van der Waals surface area contributed by atoms with Crippen LogP contribution in [0, 0.1) is 5.92 Å². The van der Waals surface area contributed by atoms with E-state index >= 15 is 0 Å². The van der Waals surface area contributed by atoms with Crippen molar-refractivity contribution in [2.75, 3.05) is 11.4 Å². The third kappa shape index (κ3) is 2.86. The first-order chi connectivity index (χ1) is 8.90. The largest absolute Gasteiger partial charge is 0.481 e. The molecule has 0 radical (unpaired) electrons. The third-order valence-corrected chi connectivity index (χ3v) is 4.07. The van der Waals surface area contributed by atoms with Gasteiger partial charge in [-0.1, -0.05) is 18.5 Å². The maximum Gasteiger partial charge on any atom is 0.306 e. The van der Waals surface area contributed by atoms with Crippen molar-refractivity contribution in [3.63, 3.8) is 0 Å². The molecule has 1 aromatic rings. The van der Waals surface area contributed by atoms with Crippen molar-refractivity contribution in [2.24, 2.45) is 5.92 Å². The van der Waals surface area contributed by atoms with E-state index in [0.29, 0.717) is 12.5 Å². The second-order valence-electron chi connectivity index (χ2n) is 5.62. The maximum absolute atomic E-state index is 11.0. The first kappa shape index (κ1) is 14.2. The molecule has 1 aromatic carbocycles. The number of anilines is 1. The molecule has 0 spiro atoms. The highest BCUT2D eigenvalue weighted by atomic mass is 35.5. The van der Waals surface area contributed by atoms with Crippen molar-refractivity contribution in [2.45, 2.75) is 39.2 Å². The summed E-state index contributed by atoms with van der Waals surface area (Å²) < 4.78 is 0. The highest BCUT2D eigenvalue weighted by Gasteiger charge is 2.32. The fraction of sp³-hybridized carbons (Fsp3) is 0.533. The fourth-order valence-electron chi connectivity index (χ4n) is 2.77. The minimum absolute atomic E-state index is 0.252. The van der Waals surface area contributed by atoms with Crippen molar-refractivity contribution < 1.29 is 9.90 Å². The molecule has 1 aliphatic heterocycles. The van der Waals surface area contributed by atoms with Crippen LogP contribution in [0.4, 0.5) is 5.69 Å². The average Bonchev–Trinajstić information content (AvgIpc) is 2.67. The van der Waals surface area contributed by atoms with Crippen LogP contribution in [0.25, 0.3) is 0 Å². The molecule has 0 saturated carbocycles. The molecule has 1 N–H and O–H groups in total. The number of aliphatic carboxylic acids is 1. The lowest BCUT2D eigenvalue weighted by Crippen LogP contribution is -2.30. The van der Waals surface area contributed by atoms with Gasteiger partial charge in [0.25, 0.3) is 0 Å². The minimum atomic E-state index is -0.730. The maximum atomic E-state index is 11.0. The van der Waals surface area contributed by atoms with E-state index in [-0.39, 0.29) is 11.8 Å². The molecule has 0 fully saturated rings. The summed E-state index contributed by atoms with van der Waals surface area (Å²) in [4.78, 5) is 13.4. The standard InChI is InChI=1S/C15H20ClNO2/c1-9(2)17-8-11(6-10(3)15(18)19)13-7-12(16)4-5-14(13)17/h4-5,7,9-11H,6,8H2,1-3H3,(H,18,19). The number of hydrogen-bond acceptors (Lipinski definition) is 2. The van der Waals surface area contributed by atoms with E-state index in [1.807, 2.05) is 18.2 Å². The number of halogens is 1. The molecule has 0 bridgehead atoms. The summed E-state index contributed by atoms with van der Waals surface area (Å²) in [5.74, 6) is -0.808. The zero-order valence-corrected chi connectivity index (χ0v) is 12.3. The zero-order chi connectivity index (χ0) is 14.2. The zero-order valence-electron chi connectivity index (χ0n) is 11.6. The Balaban J connectivity index is 2.29. The van der Waals surface area contributed by atoms with Gasteiger partial charge < -0.3 is 10.0 Å². The van der Waals surface area contributed by atoms with Crippen LogP contribution < -0.4 is 4.90 Å². The van der Waals surface area contributed by atoms with Crippen molar-refractivity contribution in [3.8, 4) is 0 Å². The van der Waals surface area contributed by atoms with Crippen LogP contribution in [-0.4, -0.2) is 23.7 Å². The van der Waals surface area contributed by atoms with Crippen LogP contribution in [0.15, 0.2) is 18.2 Å². The smallest absolute Gasteiger partial charge is 0.306 e. The van der Waals surface area contributed by atoms with Gasteiger partial charge in [0.1, 0.15) is 0 Å². The second kappa shape index (κ2) is 5.41. The number of benzene rings is 1. The Bertz CT molecular complexity index is 487. The Morgan fingerprint density at radius 3 is 2.74 bits per heavy atom. The number of nitrogens with zero attached hydrogens (tertiary/aromatic N) is 1.